The zero-order valence-electron chi connectivity index (χ0n) is 11.3. The first-order chi connectivity index (χ1) is 8.08. The fourth-order valence-electron chi connectivity index (χ4n) is 1.85. The highest BCUT2D eigenvalue weighted by molar-refractivity contribution is 4.93. The molecule has 96 valence electrons. The van der Waals surface area contributed by atoms with E-state index < -0.39 is 0 Å². The van der Waals surface area contributed by atoms with E-state index >= 15 is 0 Å². The molecule has 17 heavy (non-hydrogen) atoms. The van der Waals surface area contributed by atoms with Crippen molar-refractivity contribution in [2.24, 2.45) is 0 Å². The van der Waals surface area contributed by atoms with Crippen LogP contribution in [0.4, 0.5) is 0 Å². The van der Waals surface area contributed by atoms with Gasteiger partial charge in [-0.2, -0.15) is 5.10 Å². The minimum absolute atomic E-state index is 0.415. The summed E-state index contributed by atoms with van der Waals surface area (Å²) >= 11 is 0. The molecule has 0 fully saturated rings. The van der Waals surface area contributed by atoms with Gasteiger partial charge in [-0.25, -0.2) is 4.98 Å². The lowest BCUT2D eigenvalue weighted by atomic mass is 10.1. The van der Waals surface area contributed by atoms with Gasteiger partial charge in [-0.1, -0.05) is 11.6 Å². The van der Waals surface area contributed by atoms with Crippen LogP contribution in [0.5, 0.6) is 0 Å². The summed E-state index contributed by atoms with van der Waals surface area (Å²) in [4.78, 5) is 3.94. The Bertz CT molecular complexity index is 325. The van der Waals surface area contributed by atoms with Crippen molar-refractivity contribution in [3.63, 3.8) is 0 Å². The van der Waals surface area contributed by atoms with Crippen LogP contribution < -0.4 is 5.32 Å². The highest BCUT2D eigenvalue weighted by Gasteiger charge is 2.07. The van der Waals surface area contributed by atoms with Gasteiger partial charge in [-0.05, 0) is 40.5 Å². The summed E-state index contributed by atoms with van der Waals surface area (Å²) in [6.45, 7) is 9.57. The van der Waals surface area contributed by atoms with Crippen molar-refractivity contribution in [2.45, 2.75) is 59.2 Å². The maximum atomic E-state index is 4.10. The molecule has 0 radical (unpaired) electrons. The smallest absolute Gasteiger partial charge is 0.137 e. The summed E-state index contributed by atoms with van der Waals surface area (Å²) < 4.78 is 1.86. The molecule has 0 aliphatic heterocycles. The van der Waals surface area contributed by atoms with Crippen LogP contribution in [0.15, 0.2) is 24.3 Å². The van der Waals surface area contributed by atoms with Crippen LogP contribution in [0.1, 0.15) is 40.5 Å². The first-order valence-electron chi connectivity index (χ1n) is 6.29. The van der Waals surface area contributed by atoms with E-state index in [-0.39, 0.29) is 0 Å². The molecule has 4 nitrogen and oxygen atoms in total. The van der Waals surface area contributed by atoms with Gasteiger partial charge in [0.1, 0.15) is 12.7 Å². The van der Waals surface area contributed by atoms with E-state index in [2.05, 4.69) is 49.2 Å². The molecule has 0 saturated heterocycles. The Balaban J connectivity index is 2.21. The molecule has 0 amide bonds. The Morgan fingerprint density at radius 1 is 1.35 bits per heavy atom. The monoisotopic (exact) mass is 236 g/mol. The average molecular weight is 236 g/mol. The van der Waals surface area contributed by atoms with E-state index in [1.54, 1.807) is 12.7 Å². The number of aromatic nitrogens is 3. The van der Waals surface area contributed by atoms with E-state index in [9.17, 15) is 0 Å². The second kappa shape index (κ2) is 7.22. The molecule has 0 spiro atoms. The fourth-order valence-corrected chi connectivity index (χ4v) is 1.85. The number of hydrogen-bond acceptors (Lipinski definition) is 3. The first-order valence-corrected chi connectivity index (χ1v) is 6.29. The van der Waals surface area contributed by atoms with Gasteiger partial charge in [0.05, 0.1) is 6.54 Å². The zero-order valence-corrected chi connectivity index (χ0v) is 11.3. The summed E-state index contributed by atoms with van der Waals surface area (Å²) in [6.07, 6.45) is 7.94. The van der Waals surface area contributed by atoms with E-state index in [0.717, 1.165) is 13.0 Å². The highest BCUT2D eigenvalue weighted by Crippen LogP contribution is 2.02. The molecular weight excluding hydrogens is 212 g/mol. The zero-order chi connectivity index (χ0) is 12.7. The van der Waals surface area contributed by atoms with Gasteiger partial charge in [0, 0.05) is 12.1 Å². The lowest BCUT2D eigenvalue weighted by Crippen LogP contribution is -2.37. The third kappa shape index (κ3) is 6.22. The van der Waals surface area contributed by atoms with Gasteiger partial charge < -0.3 is 5.32 Å². The SMILES string of the molecule is CC(C)=CCCC(C)NC(C)Cn1cncn1. The first kappa shape index (κ1) is 13.9. The number of nitrogens with one attached hydrogen (secondary N) is 1. The Morgan fingerprint density at radius 2 is 2.12 bits per heavy atom. The molecule has 1 N–H and O–H groups in total. The highest BCUT2D eigenvalue weighted by atomic mass is 15.3. The van der Waals surface area contributed by atoms with Crippen molar-refractivity contribution in [3.05, 3.63) is 24.3 Å². The molecule has 2 unspecified atom stereocenters. The van der Waals surface area contributed by atoms with Crippen LogP contribution in [0.2, 0.25) is 0 Å². The average Bonchev–Trinajstić information content (AvgIpc) is 2.69. The van der Waals surface area contributed by atoms with Crippen molar-refractivity contribution in [1.82, 2.24) is 20.1 Å². The van der Waals surface area contributed by atoms with Crippen molar-refractivity contribution < 1.29 is 0 Å². The van der Waals surface area contributed by atoms with Gasteiger partial charge >= 0.3 is 0 Å². The van der Waals surface area contributed by atoms with E-state index in [4.69, 9.17) is 0 Å². The van der Waals surface area contributed by atoms with Gasteiger partial charge in [-0.3, -0.25) is 4.68 Å². The van der Waals surface area contributed by atoms with Crippen LogP contribution in [-0.4, -0.2) is 26.8 Å². The molecular formula is C13H24N4. The van der Waals surface area contributed by atoms with Crippen molar-refractivity contribution in [1.29, 1.82) is 0 Å². The van der Waals surface area contributed by atoms with Gasteiger partial charge in [0.2, 0.25) is 0 Å². The molecule has 0 saturated carbocycles. The fraction of sp³-hybridized carbons (Fsp3) is 0.692. The Hall–Kier alpha value is -1.16. The van der Waals surface area contributed by atoms with Gasteiger partial charge in [0.15, 0.2) is 0 Å². The molecule has 0 aliphatic rings. The minimum Gasteiger partial charge on any atom is -0.310 e. The minimum atomic E-state index is 0.415. The molecule has 0 aromatic carbocycles. The summed E-state index contributed by atoms with van der Waals surface area (Å²) in [5, 5.41) is 7.68. The number of rotatable bonds is 7. The van der Waals surface area contributed by atoms with Crippen LogP contribution in [0, 0.1) is 0 Å². The summed E-state index contributed by atoms with van der Waals surface area (Å²) in [7, 11) is 0. The molecule has 0 aliphatic carbocycles. The second-order valence-corrected chi connectivity index (χ2v) is 4.95. The van der Waals surface area contributed by atoms with E-state index in [0.29, 0.717) is 12.1 Å². The summed E-state index contributed by atoms with van der Waals surface area (Å²) in [5.74, 6) is 0. The van der Waals surface area contributed by atoms with E-state index in [1.165, 1.54) is 12.0 Å². The molecule has 1 aromatic rings. The largest absolute Gasteiger partial charge is 0.310 e. The summed E-state index contributed by atoms with van der Waals surface area (Å²) in [6, 6.07) is 0.947. The predicted molar refractivity (Wildman–Crippen MR) is 70.7 cm³/mol. The Morgan fingerprint density at radius 3 is 2.71 bits per heavy atom. The lowest BCUT2D eigenvalue weighted by Gasteiger charge is -2.19. The number of hydrogen-bond donors (Lipinski definition) is 1. The maximum Gasteiger partial charge on any atom is 0.137 e. The standard InChI is InChI=1S/C13H24N4/c1-11(2)6-5-7-12(3)16-13(4)8-17-10-14-9-15-17/h6,9-10,12-13,16H,5,7-8H2,1-4H3. The van der Waals surface area contributed by atoms with E-state index in [1.807, 2.05) is 4.68 Å². The molecule has 4 heteroatoms. The molecule has 1 heterocycles. The van der Waals surface area contributed by atoms with Crippen molar-refractivity contribution >= 4 is 0 Å². The third-order valence-corrected chi connectivity index (χ3v) is 2.65. The van der Waals surface area contributed by atoms with Gasteiger partial charge in [0.25, 0.3) is 0 Å². The lowest BCUT2D eigenvalue weighted by molar-refractivity contribution is 0.395. The van der Waals surface area contributed by atoms with Crippen LogP contribution >= 0.6 is 0 Å². The second-order valence-electron chi connectivity index (χ2n) is 4.95. The summed E-state index contributed by atoms with van der Waals surface area (Å²) in [5.41, 5.74) is 1.40. The normalized spacial score (nSPS) is 14.4. The molecule has 0 bridgehead atoms. The van der Waals surface area contributed by atoms with Crippen molar-refractivity contribution in [3.8, 4) is 0 Å². The van der Waals surface area contributed by atoms with Crippen molar-refractivity contribution in [2.75, 3.05) is 0 Å². The Labute approximate surface area is 104 Å². The third-order valence-electron chi connectivity index (χ3n) is 2.65. The molecule has 1 aromatic heterocycles. The van der Waals surface area contributed by atoms with Crippen LogP contribution in [0.3, 0.4) is 0 Å². The Kier molecular flexibility index (Phi) is 5.91. The van der Waals surface area contributed by atoms with Crippen LogP contribution in [0.25, 0.3) is 0 Å². The van der Waals surface area contributed by atoms with Gasteiger partial charge in [-0.15, -0.1) is 0 Å². The maximum absolute atomic E-state index is 4.10. The topological polar surface area (TPSA) is 42.7 Å². The number of nitrogens with zero attached hydrogens (tertiary/aromatic N) is 3. The molecule has 1 rings (SSSR count). The number of allylic oxidation sites excluding steroid dienone is 2. The van der Waals surface area contributed by atoms with Crippen LogP contribution in [-0.2, 0) is 6.54 Å². The molecule has 2 atom stereocenters. The predicted octanol–water partition coefficient (Wildman–Crippen LogP) is 2.39. The quantitative estimate of drug-likeness (QED) is 0.739.